The number of carbonyl (C=O) groups is 1. The van der Waals surface area contributed by atoms with Gasteiger partial charge in [-0.15, -0.1) is 0 Å². The number of rotatable bonds is 4. The van der Waals surface area contributed by atoms with Crippen molar-refractivity contribution >= 4 is 22.8 Å². The molecule has 0 atom stereocenters. The summed E-state index contributed by atoms with van der Waals surface area (Å²) in [6.45, 7) is 0.0168. The van der Waals surface area contributed by atoms with Crippen LogP contribution in [0, 0.1) is 0 Å². The van der Waals surface area contributed by atoms with Crippen LogP contribution in [0.25, 0.3) is 11.1 Å². The Hall–Kier alpha value is -2.82. The van der Waals surface area contributed by atoms with E-state index in [-0.39, 0.29) is 6.61 Å². The summed E-state index contributed by atoms with van der Waals surface area (Å²) in [6, 6.07) is 14.7. The number of nitrogens with zero attached hydrogens (tertiary/aromatic N) is 2. The highest BCUT2D eigenvalue weighted by Crippen LogP contribution is 2.16. The Morgan fingerprint density at radius 3 is 2.55 bits per heavy atom. The Kier molecular flexibility index (Phi) is 3.78. The van der Waals surface area contributed by atoms with Gasteiger partial charge in [-0.1, -0.05) is 12.1 Å². The van der Waals surface area contributed by atoms with Gasteiger partial charge in [0.05, 0.1) is 5.56 Å². The topological polar surface area (TPSA) is 55.6 Å². The van der Waals surface area contributed by atoms with E-state index in [2.05, 4.69) is 4.98 Å². The lowest BCUT2D eigenvalue weighted by Crippen LogP contribution is -2.09. The minimum absolute atomic E-state index is 0.0168. The monoisotopic (exact) mass is 296 g/mol. The molecule has 5 nitrogen and oxygen atoms in total. The van der Waals surface area contributed by atoms with Crippen molar-refractivity contribution < 1.29 is 13.9 Å². The molecule has 0 aliphatic rings. The molecule has 0 N–H and O–H groups in total. The standard InChI is InChI=1S/C17H16N2O3/c1-19(2)13-9-7-12(8-10-13)17(20)21-11-16-18-14-5-3-4-6-15(14)22-16/h3-10H,11H2,1-2H3. The molecule has 0 aliphatic carbocycles. The van der Waals surface area contributed by atoms with Crippen LogP contribution >= 0.6 is 0 Å². The average Bonchev–Trinajstić information content (AvgIpc) is 2.95. The average molecular weight is 296 g/mol. The Balaban J connectivity index is 1.66. The number of anilines is 1. The minimum Gasteiger partial charge on any atom is -0.452 e. The summed E-state index contributed by atoms with van der Waals surface area (Å²) >= 11 is 0. The second-order valence-electron chi connectivity index (χ2n) is 5.09. The Morgan fingerprint density at radius 1 is 1.14 bits per heavy atom. The van der Waals surface area contributed by atoms with Crippen molar-refractivity contribution in [2.24, 2.45) is 0 Å². The van der Waals surface area contributed by atoms with Crippen molar-refractivity contribution in [3.8, 4) is 0 Å². The lowest BCUT2D eigenvalue weighted by atomic mass is 10.2. The molecule has 0 saturated heterocycles. The van der Waals surface area contributed by atoms with Crippen molar-refractivity contribution in [1.29, 1.82) is 0 Å². The second-order valence-corrected chi connectivity index (χ2v) is 5.09. The van der Waals surface area contributed by atoms with Crippen molar-refractivity contribution in [3.05, 3.63) is 60.0 Å². The van der Waals surface area contributed by atoms with Crippen LogP contribution in [0.4, 0.5) is 5.69 Å². The van der Waals surface area contributed by atoms with E-state index in [4.69, 9.17) is 9.15 Å². The van der Waals surface area contributed by atoms with Gasteiger partial charge in [0.1, 0.15) is 5.52 Å². The number of aromatic nitrogens is 1. The van der Waals surface area contributed by atoms with Crippen LogP contribution in [0.1, 0.15) is 16.2 Å². The van der Waals surface area contributed by atoms with E-state index in [1.807, 2.05) is 55.4 Å². The maximum absolute atomic E-state index is 12.0. The summed E-state index contributed by atoms with van der Waals surface area (Å²) in [5.41, 5.74) is 2.96. The van der Waals surface area contributed by atoms with Crippen molar-refractivity contribution in [2.75, 3.05) is 19.0 Å². The number of hydrogen-bond acceptors (Lipinski definition) is 5. The number of esters is 1. The Morgan fingerprint density at radius 2 is 1.86 bits per heavy atom. The highest BCUT2D eigenvalue weighted by molar-refractivity contribution is 5.89. The molecule has 0 saturated carbocycles. The molecule has 112 valence electrons. The normalized spacial score (nSPS) is 10.6. The molecule has 22 heavy (non-hydrogen) atoms. The summed E-state index contributed by atoms with van der Waals surface area (Å²) in [6.07, 6.45) is 0. The predicted molar refractivity (Wildman–Crippen MR) is 83.9 cm³/mol. The lowest BCUT2D eigenvalue weighted by Gasteiger charge is -2.12. The predicted octanol–water partition coefficient (Wildman–Crippen LogP) is 3.25. The first kappa shape index (κ1) is 14.1. The molecule has 2 aromatic carbocycles. The smallest absolute Gasteiger partial charge is 0.338 e. The number of carbonyl (C=O) groups excluding carboxylic acids is 1. The molecule has 1 heterocycles. The molecule has 0 unspecified atom stereocenters. The largest absolute Gasteiger partial charge is 0.452 e. The third-order valence-electron chi connectivity index (χ3n) is 3.28. The molecule has 0 aliphatic heterocycles. The zero-order valence-corrected chi connectivity index (χ0v) is 12.4. The highest BCUT2D eigenvalue weighted by Gasteiger charge is 2.11. The first-order chi connectivity index (χ1) is 10.6. The fourth-order valence-corrected chi connectivity index (χ4v) is 2.09. The number of hydrogen-bond donors (Lipinski definition) is 0. The van der Waals surface area contributed by atoms with E-state index < -0.39 is 5.97 Å². The Labute approximate surface area is 128 Å². The molecule has 0 fully saturated rings. The first-order valence-corrected chi connectivity index (χ1v) is 6.92. The molecule has 0 bridgehead atoms. The van der Waals surface area contributed by atoms with Gasteiger partial charge >= 0.3 is 5.97 Å². The quantitative estimate of drug-likeness (QED) is 0.692. The van der Waals surface area contributed by atoms with Gasteiger partial charge in [0.25, 0.3) is 0 Å². The fraction of sp³-hybridized carbons (Fsp3) is 0.176. The van der Waals surface area contributed by atoms with Crippen molar-refractivity contribution in [1.82, 2.24) is 4.98 Å². The molecule has 3 rings (SSSR count). The summed E-state index contributed by atoms with van der Waals surface area (Å²) in [7, 11) is 3.89. The van der Waals surface area contributed by atoms with Crippen molar-refractivity contribution in [3.63, 3.8) is 0 Å². The third-order valence-corrected chi connectivity index (χ3v) is 3.28. The maximum atomic E-state index is 12.0. The first-order valence-electron chi connectivity index (χ1n) is 6.92. The van der Waals surface area contributed by atoms with Crippen LogP contribution in [0.3, 0.4) is 0 Å². The van der Waals surface area contributed by atoms with Gasteiger partial charge in [-0.3, -0.25) is 0 Å². The van der Waals surface area contributed by atoms with Gasteiger partial charge in [-0.2, -0.15) is 0 Å². The van der Waals surface area contributed by atoms with Gasteiger partial charge in [0.15, 0.2) is 12.2 Å². The van der Waals surface area contributed by atoms with E-state index in [1.54, 1.807) is 12.1 Å². The van der Waals surface area contributed by atoms with E-state index in [0.29, 0.717) is 17.0 Å². The molecule has 5 heteroatoms. The summed E-state index contributed by atoms with van der Waals surface area (Å²) in [4.78, 5) is 18.2. The summed E-state index contributed by atoms with van der Waals surface area (Å²) in [5.74, 6) is -0.00739. The zero-order chi connectivity index (χ0) is 15.5. The van der Waals surface area contributed by atoms with Crippen LogP contribution in [0.15, 0.2) is 52.9 Å². The van der Waals surface area contributed by atoms with Gasteiger partial charge in [0.2, 0.25) is 5.89 Å². The summed E-state index contributed by atoms with van der Waals surface area (Å²) in [5, 5.41) is 0. The zero-order valence-electron chi connectivity index (χ0n) is 12.4. The number of oxazole rings is 1. The SMILES string of the molecule is CN(C)c1ccc(C(=O)OCc2nc3ccccc3o2)cc1. The minimum atomic E-state index is -0.396. The van der Waals surface area contributed by atoms with E-state index >= 15 is 0 Å². The van der Waals surface area contributed by atoms with Gasteiger partial charge in [-0.25, -0.2) is 9.78 Å². The summed E-state index contributed by atoms with van der Waals surface area (Å²) < 4.78 is 10.7. The highest BCUT2D eigenvalue weighted by atomic mass is 16.5. The van der Waals surface area contributed by atoms with Crippen LogP contribution in [-0.4, -0.2) is 25.0 Å². The molecular weight excluding hydrogens is 280 g/mol. The van der Waals surface area contributed by atoms with Crippen LogP contribution in [0.5, 0.6) is 0 Å². The van der Waals surface area contributed by atoms with Crippen LogP contribution < -0.4 is 4.90 Å². The fourth-order valence-electron chi connectivity index (χ4n) is 2.09. The number of benzene rings is 2. The van der Waals surface area contributed by atoms with Crippen molar-refractivity contribution in [2.45, 2.75) is 6.61 Å². The molecule has 0 spiro atoms. The van der Waals surface area contributed by atoms with E-state index in [9.17, 15) is 4.79 Å². The second kappa shape index (κ2) is 5.89. The molecular formula is C17H16N2O3. The van der Waals surface area contributed by atoms with Crippen LogP contribution in [0.2, 0.25) is 0 Å². The molecule has 0 radical (unpaired) electrons. The number of para-hydroxylation sites is 2. The maximum Gasteiger partial charge on any atom is 0.338 e. The lowest BCUT2D eigenvalue weighted by molar-refractivity contribution is 0.0440. The molecule has 1 aromatic heterocycles. The molecule has 0 amide bonds. The van der Waals surface area contributed by atoms with E-state index in [1.165, 1.54) is 0 Å². The molecule has 3 aromatic rings. The van der Waals surface area contributed by atoms with Crippen LogP contribution in [-0.2, 0) is 11.3 Å². The van der Waals surface area contributed by atoms with Gasteiger partial charge in [-0.05, 0) is 36.4 Å². The number of fused-ring (bicyclic) bond motifs is 1. The number of ether oxygens (including phenoxy) is 1. The van der Waals surface area contributed by atoms with E-state index in [0.717, 1.165) is 11.2 Å². The third kappa shape index (κ3) is 2.93. The van der Waals surface area contributed by atoms with Gasteiger partial charge in [0, 0.05) is 19.8 Å². The Bertz CT molecular complexity index is 758. The van der Waals surface area contributed by atoms with Gasteiger partial charge < -0.3 is 14.1 Å².